The molecule has 0 bridgehead atoms. The van der Waals surface area contributed by atoms with Crippen molar-refractivity contribution in [3.63, 3.8) is 0 Å². The van der Waals surface area contributed by atoms with Crippen molar-refractivity contribution in [2.75, 3.05) is 42.9 Å². The molecule has 0 spiro atoms. The Hall–Kier alpha value is -3.09. The Morgan fingerprint density at radius 2 is 1.78 bits per heavy atom. The Bertz CT molecular complexity index is 828. The summed E-state index contributed by atoms with van der Waals surface area (Å²) in [6.07, 6.45) is 0. The highest BCUT2D eigenvalue weighted by Gasteiger charge is 2.23. The van der Waals surface area contributed by atoms with Crippen LogP contribution in [0.5, 0.6) is 0 Å². The van der Waals surface area contributed by atoms with Gasteiger partial charge in [0, 0.05) is 50.0 Å². The maximum absolute atomic E-state index is 12.6. The lowest BCUT2D eigenvalue weighted by atomic mass is 10.1. The number of nitrogens with zero attached hydrogens (tertiary/aromatic N) is 3. The molecule has 7 heteroatoms. The second-order valence-corrected chi connectivity index (χ2v) is 6.63. The lowest BCUT2D eigenvalue weighted by molar-refractivity contribution is -0.383. The van der Waals surface area contributed by atoms with Crippen molar-refractivity contribution in [2.24, 2.45) is 0 Å². The van der Waals surface area contributed by atoms with E-state index in [-0.39, 0.29) is 16.5 Å². The van der Waals surface area contributed by atoms with E-state index in [0.29, 0.717) is 44.0 Å². The molecule has 142 valence electrons. The van der Waals surface area contributed by atoms with E-state index in [1.165, 1.54) is 6.07 Å². The average Bonchev–Trinajstić information content (AvgIpc) is 2.68. The molecule has 1 fully saturated rings. The van der Waals surface area contributed by atoms with E-state index in [9.17, 15) is 14.9 Å². The first-order valence-electron chi connectivity index (χ1n) is 9.13. The SMILES string of the molecule is CCNc1cc(N2CCN(C(=O)c3ccc(C)cc3)CC2)ccc1[N+](=O)[O-]. The van der Waals surface area contributed by atoms with Gasteiger partial charge < -0.3 is 15.1 Å². The largest absolute Gasteiger partial charge is 0.380 e. The molecular formula is C20H24N4O3. The van der Waals surface area contributed by atoms with Crippen LogP contribution >= 0.6 is 0 Å². The number of hydrogen-bond acceptors (Lipinski definition) is 5. The Balaban J connectivity index is 1.68. The molecule has 0 aromatic heterocycles. The van der Waals surface area contributed by atoms with Crippen LogP contribution in [0, 0.1) is 17.0 Å². The minimum Gasteiger partial charge on any atom is -0.380 e. The minimum absolute atomic E-state index is 0.0479. The van der Waals surface area contributed by atoms with E-state index in [2.05, 4.69) is 10.2 Å². The predicted molar refractivity (Wildman–Crippen MR) is 107 cm³/mol. The molecule has 2 aromatic rings. The number of carbonyl (C=O) groups is 1. The lowest BCUT2D eigenvalue weighted by Crippen LogP contribution is -2.48. The monoisotopic (exact) mass is 368 g/mol. The number of piperazine rings is 1. The van der Waals surface area contributed by atoms with E-state index in [1.807, 2.05) is 49.1 Å². The maximum atomic E-state index is 12.6. The molecule has 27 heavy (non-hydrogen) atoms. The number of carbonyl (C=O) groups excluding carboxylic acids is 1. The average molecular weight is 368 g/mol. The van der Waals surface area contributed by atoms with Crippen molar-refractivity contribution >= 4 is 23.0 Å². The first-order valence-corrected chi connectivity index (χ1v) is 9.13. The highest BCUT2D eigenvalue weighted by Crippen LogP contribution is 2.30. The van der Waals surface area contributed by atoms with Gasteiger partial charge in [-0.1, -0.05) is 17.7 Å². The fraction of sp³-hybridized carbons (Fsp3) is 0.350. The van der Waals surface area contributed by atoms with Crippen molar-refractivity contribution in [1.29, 1.82) is 0 Å². The molecule has 0 atom stereocenters. The molecule has 1 N–H and O–H groups in total. The van der Waals surface area contributed by atoms with Crippen LogP contribution in [0.1, 0.15) is 22.8 Å². The Morgan fingerprint density at radius 3 is 2.37 bits per heavy atom. The molecule has 1 saturated heterocycles. The number of hydrogen-bond donors (Lipinski definition) is 1. The first kappa shape index (κ1) is 18.7. The molecule has 0 radical (unpaired) electrons. The fourth-order valence-corrected chi connectivity index (χ4v) is 3.26. The quantitative estimate of drug-likeness (QED) is 0.647. The summed E-state index contributed by atoms with van der Waals surface area (Å²) in [6, 6.07) is 12.8. The normalized spacial score (nSPS) is 14.1. The topological polar surface area (TPSA) is 78.7 Å². The van der Waals surface area contributed by atoms with Crippen LogP contribution < -0.4 is 10.2 Å². The summed E-state index contributed by atoms with van der Waals surface area (Å²) in [5.74, 6) is 0.0479. The molecule has 7 nitrogen and oxygen atoms in total. The first-order chi connectivity index (χ1) is 13.0. The number of nitro benzene ring substituents is 1. The fourth-order valence-electron chi connectivity index (χ4n) is 3.26. The van der Waals surface area contributed by atoms with Crippen molar-refractivity contribution in [3.05, 3.63) is 63.7 Å². The van der Waals surface area contributed by atoms with Crippen molar-refractivity contribution in [3.8, 4) is 0 Å². The van der Waals surface area contributed by atoms with Crippen LogP contribution in [-0.4, -0.2) is 48.5 Å². The molecular weight excluding hydrogens is 344 g/mol. The second-order valence-electron chi connectivity index (χ2n) is 6.63. The predicted octanol–water partition coefficient (Wildman–Crippen LogP) is 3.30. The van der Waals surface area contributed by atoms with Crippen LogP contribution in [-0.2, 0) is 0 Å². The van der Waals surface area contributed by atoms with Crippen LogP contribution in [0.3, 0.4) is 0 Å². The van der Waals surface area contributed by atoms with Crippen LogP contribution in [0.15, 0.2) is 42.5 Å². The van der Waals surface area contributed by atoms with Gasteiger partial charge >= 0.3 is 0 Å². The number of anilines is 2. The van der Waals surface area contributed by atoms with Gasteiger partial charge in [0.1, 0.15) is 5.69 Å². The third kappa shape index (κ3) is 4.19. The number of amides is 1. The third-order valence-corrected chi connectivity index (χ3v) is 4.77. The number of nitrogens with one attached hydrogen (secondary N) is 1. The van der Waals surface area contributed by atoms with E-state index >= 15 is 0 Å². The van der Waals surface area contributed by atoms with Crippen LogP contribution in [0.25, 0.3) is 0 Å². The summed E-state index contributed by atoms with van der Waals surface area (Å²) in [5, 5.41) is 14.2. The molecule has 1 aliphatic rings. The summed E-state index contributed by atoms with van der Waals surface area (Å²) in [7, 11) is 0. The number of nitro groups is 1. The summed E-state index contributed by atoms with van der Waals surface area (Å²) in [4.78, 5) is 27.4. The molecule has 0 unspecified atom stereocenters. The van der Waals surface area contributed by atoms with Crippen molar-refractivity contribution in [2.45, 2.75) is 13.8 Å². The zero-order valence-corrected chi connectivity index (χ0v) is 15.6. The van der Waals surface area contributed by atoms with E-state index in [4.69, 9.17) is 0 Å². The van der Waals surface area contributed by atoms with Gasteiger partial charge in [-0.25, -0.2) is 0 Å². The van der Waals surface area contributed by atoms with Crippen molar-refractivity contribution in [1.82, 2.24) is 4.90 Å². The number of rotatable bonds is 5. The van der Waals surface area contributed by atoms with Crippen molar-refractivity contribution < 1.29 is 9.72 Å². The second kappa shape index (κ2) is 8.07. The van der Waals surface area contributed by atoms with Crippen LogP contribution in [0.2, 0.25) is 0 Å². The molecule has 3 rings (SSSR count). The van der Waals surface area contributed by atoms with Gasteiger partial charge in [0.25, 0.3) is 11.6 Å². The summed E-state index contributed by atoms with van der Waals surface area (Å²) < 4.78 is 0. The molecule has 0 saturated carbocycles. The van der Waals surface area contributed by atoms with Gasteiger partial charge in [-0.2, -0.15) is 0 Å². The number of benzene rings is 2. The van der Waals surface area contributed by atoms with E-state index in [1.54, 1.807) is 6.07 Å². The van der Waals surface area contributed by atoms with Gasteiger partial charge in [0.15, 0.2) is 0 Å². The Kier molecular flexibility index (Phi) is 5.59. The van der Waals surface area contributed by atoms with Gasteiger partial charge in [-0.15, -0.1) is 0 Å². The molecule has 1 heterocycles. The lowest BCUT2D eigenvalue weighted by Gasteiger charge is -2.36. The molecule has 2 aromatic carbocycles. The molecule has 1 aliphatic heterocycles. The van der Waals surface area contributed by atoms with Gasteiger partial charge in [-0.3, -0.25) is 14.9 Å². The van der Waals surface area contributed by atoms with E-state index in [0.717, 1.165) is 11.3 Å². The maximum Gasteiger partial charge on any atom is 0.292 e. The molecule has 1 amide bonds. The smallest absolute Gasteiger partial charge is 0.292 e. The van der Waals surface area contributed by atoms with Gasteiger partial charge in [0.05, 0.1) is 4.92 Å². The zero-order chi connectivity index (χ0) is 19.4. The highest BCUT2D eigenvalue weighted by molar-refractivity contribution is 5.94. The highest BCUT2D eigenvalue weighted by atomic mass is 16.6. The Labute approximate surface area is 158 Å². The molecule has 0 aliphatic carbocycles. The summed E-state index contributed by atoms with van der Waals surface area (Å²) >= 11 is 0. The van der Waals surface area contributed by atoms with E-state index < -0.39 is 0 Å². The third-order valence-electron chi connectivity index (χ3n) is 4.77. The van der Waals surface area contributed by atoms with Gasteiger partial charge in [-0.05, 0) is 38.1 Å². The Morgan fingerprint density at radius 1 is 1.11 bits per heavy atom. The zero-order valence-electron chi connectivity index (χ0n) is 15.6. The minimum atomic E-state index is -0.375. The summed E-state index contributed by atoms with van der Waals surface area (Å²) in [5.41, 5.74) is 3.37. The summed E-state index contributed by atoms with van der Waals surface area (Å²) in [6.45, 7) is 7.16. The van der Waals surface area contributed by atoms with Crippen LogP contribution in [0.4, 0.5) is 17.1 Å². The number of aryl methyl sites for hydroxylation is 1. The standard InChI is InChI=1S/C20H24N4O3/c1-3-21-18-14-17(8-9-19(18)24(26)27)22-10-12-23(13-11-22)20(25)16-6-4-15(2)5-7-16/h4-9,14,21H,3,10-13H2,1-2H3. The van der Waals surface area contributed by atoms with Gasteiger partial charge in [0.2, 0.25) is 0 Å².